The van der Waals surface area contributed by atoms with Crippen LogP contribution in [0.1, 0.15) is 71.1 Å². The molecule has 0 rings (SSSR count). The smallest absolute Gasteiger partial charge is 0.217 e. The van der Waals surface area contributed by atoms with Crippen LogP contribution in [0.25, 0.3) is 0 Å². The predicted molar refractivity (Wildman–Crippen MR) is 67.0 cm³/mol. The van der Waals surface area contributed by atoms with Gasteiger partial charge in [0.2, 0.25) is 5.91 Å². The van der Waals surface area contributed by atoms with Crippen molar-refractivity contribution in [3.05, 3.63) is 0 Å². The molecular formula is C12H28N2O2. The van der Waals surface area contributed by atoms with Gasteiger partial charge >= 0.3 is 0 Å². The highest BCUT2D eigenvalue weighted by atomic mass is 16.4. The lowest BCUT2D eigenvalue weighted by Gasteiger charge is -2.00. The van der Waals surface area contributed by atoms with Crippen molar-refractivity contribution in [3.8, 4) is 0 Å². The summed E-state index contributed by atoms with van der Waals surface area (Å²) in [6.07, 6.45) is 12.1. The third kappa shape index (κ3) is 19.0. The van der Waals surface area contributed by atoms with Crippen LogP contribution in [0.2, 0.25) is 0 Å². The van der Waals surface area contributed by atoms with Crippen LogP contribution in [0.5, 0.6) is 0 Å². The number of amides is 1. The van der Waals surface area contributed by atoms with Gasteiger partial charge in [-0.25, -0.2) is 5.90 Å². The van der Waals surface area contributed by atoms with Gasteiger partial charge in [0, 0.05) is 6.42 Å². The molecule has 0 fully saturated rings. The molecular weight excluding hydrogens is 204 g/mol. The van der Waals surface area contributed by atoms with Gasteiger partial charge in [-0.3, -0.25) is 4.79 Å². The Bertz CT molecular complexity index is 141. The van der Waals surface area contributed by atoms with E-state index < -0.39 is 0 Å². The van der Waals surface area contributed by atoms with E-state index in [4.69, 9.17) is 10.9 Å². The molecule has 0 atom stereocenters. The molecule has 4 nitrogen and oxygen atoms in total. The average molecular weight is 232 g/mol. The number of primary amides is 1. The van der Waals surface area contributed by atoms with Crippen molar-refractivity contribution < 1.29 is 10.0 Å². The van der Waals surface area contributed by atoms with E-state index in [-0.39, 0.29) is 5.91 Å². The number of hydrogen-bond donors (Lipinski definition) is 3. The summed E-state index contributed by atoms with van der Waals surface area (Å²) in [7, 11) is 0. The molecule has 0 aliphatic carbocycles. The lowest BCUT2D eigenvalue weighted by Crippen LogP contribution is -2.09. The van der Waals surface area contributed by atoms with Gasteiger partial charge in [0.1, 0.15) is 0 Å². The molecule has 0 bridgehead atoms. The Kier molecular flexibility index (Phi) is 18.7. The highest BCUT2D eigenvalue weighted by Gasteiger charge is 1.94. The van der Waals surface area contributed by atoms with Gasteiger partial charge < -0.3 is 10.9 Å². The zero-order chi connectivity index (χ0) is 12.6. The number of rotatable bonds is 10. The van der Waals surface area contributed by atoms with Crippen LogP contribution >= 0.6 is 0 Å². The van der Waals surface area contributed by atoms with Gasteiger partial charge in [-0.15, -0.1) is 0 Å². The Hall–Kier alpha value is -0.610. The highest BCUT2D eigenvalue weighted by molar-refractivity contribution is 5.73. The van der Waals surface area contributed by atoms with Crippen molar-refractivity contribution in [3.63, 3.8) is 0 Å². The second-order valence-electron chi connectivity index (χ2n) is 4.04. The van der Waals surface area contributed by atoms with E-state index in [2.05, 4.69) is 12.8 Å². The normalized spacial score (nSPS) is 9.44. The Morgan fingerprint density at radius 3 is 1.62 bits per heavy atom. The maximum atomic E-state index is 10.4. The second kappa shape index (κ2) is 16.8. The van der Waals surface area contributed by atoms with Gasteiger partial charge in [0.05, 0.1) is 0 Å². The highest BCUT2D eigenvalue weighted by Crippen LogP contribution is 2.10. The quantitative estimate of drug-likeness (QED) is 0.399. The van der Waals surface area contributed by atoms with E-state index in [9.17, 15) is 4.79 Å². The van der Waals surface area contributed by atoms with Gasteiger partial charge in [-0.2, -0.15) is 0 Å². The van der Waals surface area contributed by atoms with E-state index >= 15 is 0 Å². The van der Waals surface area contributed by atoms with Crippen molar-refractivity contribution >= 4 is 5.91 Å². The maximum Gasteiger partial charge on any atom is 0.217 e. The topological polar surface area (TPSA) is 89.3 Å². The molecule has 0 unspecified atom stereocenters. The summed E-state index contributed by atoms with van der Waals surface area (Å²) < 4.78 is 0. The van der Waals surface area contributed by atoms with Crippen LogP contribution in [-0.2, 0) is 4.79 Å². The monoisotopic (exact) mass is 232 g/mol. The minimum Gasteiger partial charge on any atom is -0.370 e. The molecule has 0 aliphatic rings. The molecule has 0 saturated carbocycles. The molecule has 0 aliphatic heterocycles. The first-order valence-electron chi connectivity index (χ1n) is 6.31. The van der Waals surface area contributed by atoms with Gasteiger partial charge in [-0.05, 0) is 6.42 Å². The molecule has 0 spiro atoms. The molecule has 5 N–H and O–H groups in total. The van der Waals surface area contributed by atoms with E-state index in [1.165, 1.54) is 44.9 Å². The third-order valence-electron chi connectivity index (χ3n) is 2.53. The molecule has 4 heteroatoms. The number of carbonyl (C=O) groups is 1. The summed E-state index contributed by atoms with van der Waals surface area (Å²) in [4.78, 5) is 10.4. The SMILES string of the molecule is CCCCCCCCCCCC(N)=O.NO. The summed E-state index contributed by atoms with van der Waals surface area (Å²) in [5, 5.41) is 6.50. The van der Waals surface area contributed by atoms with Crippen LogP contribution in [-0.4, -0.2) is 11.1 Å². The fourth-order valence-corrected chi connectivity index (χ4v) is 1.61. The Labute approximate surface area is 99.3 Å². The van der Waals surface area contributed by atoms with E-state index in [1.807, 2.05) is 0 Å². The third-order valence-corrected chi connectivity index (χ3v) is 2.53. The van der Waals surface area contributed by atoms with Crippen molar-refractivity contribution in [2.45, 2.75) is 71.1 Å². The number of nitrogens with two attached hydrogens (primary N) is 2. The van der Waals surface area contributed by atoms with E-state index in [1.54, 1.807) is 0 Å². The van der Waals surface area contributed by atoms with Crippen molar-refractivity contribution in [2.75, 3.05) is 0 Å². The fraction of sp³-hybridized carbons (Fsp3) is 0.917. The van der Waals surface area contributed by atoms with Crippen molar-refractivity contribution in [2.24, 2.45) is 11.6 Å². The van der Waals surface area contributed by atoms with Gasteiger partial charge in [0.25, 0.3) is 0 Å². The van der Waals surface area contributed by atoms with Gasteiger partial charge in [0.15, 0.2) is 0 Å². The largest absolute Gasteiger partial charge is 0.370 e. The lowest BCUT2D eigenvalue weighted by atomic mass is 10.1. The van der Waals surface area contributed by atoms with Crippen LogP contribution < -0.4 is 11.6 Å². The summed E-state index contributed by atoms with van der Waals surface area (Å²) in [6.45, 7) is 2.24. The van der Waals surface area contributed by atoms with Crippen LogP contribution in [0.4, 0.5) is 0 Å². The number of unbranched alkanes of at least 4 members (excludes halogenated alkanes) is 8. The fourth-order valence-electron chi connectivity index (χ4n) is 1.61. The predicted octanol–water partition coefficient (Wildman–Crippen LogP) is 2.73. The Morgan fingerprint density at radius 1 is 0.875 bits per heavy atom. The van der Waals surface area contributed by atoms with Crippen molar-refractivity contribution in [1.82, 2.24) is 0 Å². The van der Waals surface area contributed by atoms with Crippen molar-refractivity contribution in [1.29, 1.82) is 0 Å². The molecule has 1 amide bonds. The first kappa shape index (κ1) is 17.8. The first-order chi connectivity index (χ1) is 7.77. The summed E-state index contributed by atoms with van der Waals surface area (Å²) in [6, 6.07) is 0. The maximum absolute atomic E-state index is 10.4. The standard InChI is InChI=1S/C12H25NO.H3NO/c1-2-3-4-5-6-7-8-9-10-11-12(13)14;1-2/h2-11H2,1H3,(H2,13,14);2H,1H2. The first-order valence-corrected chi connectivity index (χ1v) is 6.31. The zero-order valence-corrected chi connectivity index (χ0v) is 10.6. The van der Waals surface area contributed by atoms with E-state index in [0.29, 0.717) is 6.42 Å². The molecule has 0 saturated heterocycles. The molecule has 0 radical (unpaired) electrons. The number of hydrogen-bond acceptors (Lipinski definition) is 3. The summed E-state index contributed by atoms with van der Waals surface area (Å²) >= 11 is 0. The molecule has 16 heavy (non-hydrogen) atoms. The molecule has 0 aromatic rings. The Morgan fingerprint density at radius 2 is 1.25 bits per heavy atom. The average Bonchev–Trinajstić information content (AvgIpc) is 2.29. The molecule has 0 heterocycles. The summed E-state index contributed by atoms with van der Waals surface area (Å²) in [5.74, 6) is 3.34. The zero-order valence-electron chi connectivity index (χ0n) is 10.6. The van der Waals surface area contributed by atoms with Crippen LogP contribution in [0, 0.1) is 0 Å². The van der Waals surface area contributed by atoms with Gasteiger partial charge in [-0.1, -0.05) is 58.3 Å². The molecule has 98 valence electrons. The van der Waals surface area contributed by atoms with Crippen LogP contribution in [0.3, 0.4) is 0 Å². The molecule has 0 aromatic carbocycles. The number of carbonyl (C=O) groups excluding carboxylic acids is 1. The Balaban J connectivity index is 0. The molecule has 0 aromatic heterocycles. The lowest BCUT2D eigenvalue weighted by molar-refractivity contribution is -0.118. The van der Waals surface area contributed by atoms with E-state index in [0.717, 1.165) is 12.8 Å². The minimum atomic E-state index is -0.159. The minimum absolute atomic E-state index is 0.159. The summed E-state index contributed by atoms with van der Waals surface area (Å²) in [5.41, 5.74) is 5.05. The second-order valence-corrected chi connectivity index (χ2v) is 4.04. The van der Waals surface area contributed by atoms with Crippen LogP contribution in [0.15, 0.2) is 0 Å².